The molecular formula is C11H19NO4. The maximum absolute atomic E-state index is 11.6. The minimum absolute atomic E-state index is 0.165. The van der Waals surface area contributed by atoms with E-state index >= 15 is 0 Å². The van der Waals surface area contributed by atoms with Crippen LogP contribution in [0.2, 0.25) is 0 Å². The van der Waals surface area contributed by atoms with Gasteiger partial charge < -0.3 is 14.7 Å². The molecule has 0 bridgehead atoms. The highest BCUT2D eigenvalue weighted by Crippen LogP contribution is 2.07. The Bertz CT molecular complexity index is 236. The van der Waals surface area contributed by atoms with Gasteiger partial charge in [-0.1, -0.05) is 6.42 Å². The number of carboxylic acids is 1. The Balaban J connectivity index is 2.03. The first-order valence-electron chi connectivity index (χ1n) is 5.77. The van der Waals surface area contributed by atoms with Crippen LogP contribution in [0.3, 0.4) is 0 Å². The van der Waals surface area contributed by atoms with Crippen LogP contribution in [-0.4, -0.2) is 48.2 Å². The fourth-order valence-corrected chi connectivity index (χ4v) is 1.70. The number of unbranched alkanes of at least 4 members (excludes halogenated alkanes) is 2. The lowest BCUT2D eigenvalue weighted by atomic mass is 10.1. The lowest BCUT2D eigenvalue weighted by Gasteiger charge is -2.26. The van der Waals surface area contributed by atoms with Crippen molar-refractivity contribution in [2.24, 2.45) is 0 Å². The lowest BCUT2D eigenvalue weighted by molar-refractivity contribution is -0.137. The Labute approximate surface area is 95.4 Å². The third-order valence-corrected chi connectivity index (χ3v) is 2.65. The van der Waals surface area contributed by atoms with E-state index in [-0.39, 0.29) is 12.3 Å². The second-order valence-corrected chi connectivity index (χ2v) is 3.95. The Kier molecular flexibility index (Phi) is 5.85. The highest BCUT2D eigenvalue weighted by molar-refractivity contribution is 5.76. The monoisotopic (exact) mass is 229 g/mol. The second-order valence-electron chi connectivity index (χ2n) is 3.95. The normalized spacial score (nSPS) is 16.1. The molecule has 1 aliphatic heterocycles. The SMILES string of the molecule is O=C(O)CCCCCC(=O)N1CCOCC1. The fourth-order valence-electron chi connectivity index (χ4n) is 1.70. The average molecular weight is 229 g/mol. The average Bonchev–Trinajstić information content (AvgIpc) is 2.29. The van der Waals surface area contributed by atoms with E-state index in [0.717, 1.165) is 12.8 Å². The molecule has 0 radical (unpaired) electrons. The molecule has 0 spiro atoms. The number of aliphatic carboxylic acids is 1. The van der Waals surface area contributed by atoms with Crippen LogP contribution in [0.1, 0.15) is 32.1 Å². The zero-order valence-corrected chi connectivity index (χ0v) is 9.48. The highest BCUT2D eigenvalue weighted by Gasteiger charge is 2.15. The Morgan fingerprint density at radius 3 is 2.31 bits per heavy atom. The standard InChI is InChI=1S/C11H19NO4/c13-10(12-6-8-16-9-7-12)4-2-1-3-5-11(14)15/h1-9H2,(H,14,15). The molecule has 0 unspecified atom stereocenters. The summed E-state index contributed by atoms with van der Waals surface area (Å²) < 4.78 is 5.16. The highest BCUT2D eigenvalue weighted by atomic mass is 16.5. The maximum Gasteiger partial charge on any atom is 0.303 e. The van der Waals surface area contributed by atoms with Crippen LogP contribution in [0, 0.1) is 0 Å². The summed E-state index contributed by atoms with van der Waals surface area (Å²) in [6.07, 6.45) is 2.98. The number of carbonyl (C=O) groups excluding carboxylic acids is 1. The van der Waals surface area contributed by atoms with Crippen molar-refractivity contribution >= 4 is 11.9 Å². The summed E-state index contributed by atoms with van der Waals surface area (Å²) in [6.45, 7) is 2.64. The third kappa shape index (κ3) is 5.11. The second kappa shape index (κ2) is 7.22. The van der Waals surface area contributed by atoms with E-state index in [2.05, 4.69) is 0 Å². The van der Waals surface area contributed by atoms with Gasteiger partial charge in [0.2, 0.25) is 5.91 Å². The number of carbonyl (C=O) groups is 2. The zero-order chi connectivity index (χ0) is 11.8. The number of carboxylic acid groups (broad SMARTS) is 1. The van der Waals surface area contributed by atoms with Gasteiger partial charge in [0.25, 0.3) is 0 Å². The summed E-state index contributed by atoms with van der Waals surface area (Å²) in [5, 5.41) is 8.44. The summed E-state index contributed by atoms with van der Waals surface area (Å²) in [6, 6.07) is 0. The van der Waals surface area contributed by atoms with E-state index in [1.165, 1.54) is 0 Å². The minimum atomic E-state index is -0.764. The van der Waals surface area contributed by atoms with Gasteiger partial charge >= 0.3 is 5.97 Å². The summed E-state index contributed by atoms with van der Waals surface area (Å²) in [5.41, 5.74) is 0. The number of morpholine rings is 1. The smallest absolute Gasteiger partial charge is 0.303 e. The van der Waals surface area contributed by atoms with Gasteiger partial charge in [0.15, 0.2) is 0 Å². The van der Waals surface area contributed by atoms with Crippen molar-refractivity contribution in [3.63, 3.8) is 0 Å². The molecule has 0 saturated carbocycles. The fraction of sp³-hybridized carbons (Fsp3) is 0.818. The van der Waals surface area contributed by atoms with Gasteiger partial charge in [-0.15, -0.1) is 0 Å². The van der Waals surface area contributed by atoms with E-state index in [0.29, 0.717) is 39.1 Å². The lowest BCUT2D eigenvalue weighted by Crippen LogP contribution is -2.40. The van der Waals surface area contributed by atoms with Crippen molar-refractivity contribution in [1.29, 1.82) is 0 Å². The van der Waals surface area contributed by atoms with Crippen LogP contribution in [0.4, 0.5) is 0 Å². The Morgan fingerprint density at radius 1 is 1.06 bits per heavy atom. The van der Waals surface area contributed by atoms with Gasteiger partial charge in [0.1, 0.15) is 0 Å². The summed E-state index contributed by atoms with van der Waals surface area (Å²) in [5.74, 6) is -0.599. The number of amides is 1. The number of ether oxygens (including phenoxy) is 1. The maximum atomic E-state index is 11.6. The van der Waals surface area contributed by atoms with Crippen molar-refractivity contribution in [1.82, 2.24) is 4.90 Å². The first-order chi connectivity index (χ1) is 7.70. The molecule has 5 nitrogen and oxygen atoms in total. The molecular weight excluding hydrogens is 210 g/mol. The van der Waals surface area contributed by atoms with Crippen LogP contribution in [0.15, 0.2) is 0 Å². The summed E-state index contributed by atoms with van der Waals surface area (Å²) in [7, 11) is 0. The molecule has 0 aromatic heterocycles. The van der Waals surface area contributed by atoms with E-state index < -0.39 is 5.97 Å². The third-order valence-electron chi connectivity index (χ3n) is 2.65. The molecule has 0 aromatic carbocycles. The van der Waals surface area contributed by atoms with Crippen LogP contribution in [0.25, 0.3) is 0 Å². The minimum Gasteiger partial charge on any atom is -0.481 e. The van der Waals surface area contributed by atoms with Gasteiger partial charge in [0, 0.05) is 25.9 Å². The number of nitrogens with zero attached hydrogens (tertiary/aromatic N) is 1. The molecule has 0 atom stereocenters. The van der Waals surface area contributed by atoms with Gasteiger partial charge in [0.05, 0.1) is 13.2 Å². The van der Waals surface area contributed by atoms with Crippen LogP contribution in [-0.2, 0) is 14.3 Å². The molecule has 1 amide bonds. The quantitative estimate of drug-likeness (QED) is 0.686. The topological polar surface area (TPSA) is 66.8 Å². The number of hydrogen-bond acceptors (Lipinski definition) is 3. The van der Waals surface area contributed by atoms with E-state index in [1.54, 1.807) is 0 Å². The van der Waals surface area contributed by atoms with E-state index in [1.807, 2.05) is 4.90 Å². The molecule has 0 aromatic rings. The van der Waals surface area contributed by atoms with Crippen molar-refractivity contribution in [2.45, 2.75) is 32.1 Å². The van der Waals surface area contributed by atoms with Gasteiger partial charge in [-0.2, -0.15) is 0 Å². The van der Waals surface area contributed by atoms with Gasteiger partial charge in [-0.05, 0) is 12.8 Å². The van der Waals surface area contributed by atoms with Crippen molar-refractivity contribution in [3.8, 4) is 0 Å². The molecule has 1 rings (SSSR count). The predicted molar refractivity (Wildman–Crippen MR) is 58.1 cm³/mol. The molecule has 1 fully saturated rings. The first-order valence-corrected chi connectivity index (χ1v) is 5.77. The molecule has 1 saturated heterocycles. The Morgan fingerprint density at radius 2 is 1.69 bits per heavy atom. The van der Waals surface area contributed by atoms with E-state index in [9.17, 15) is 9.59 Å². The van der Waals surface area contributed by atoms with Gasteiger partial charge in [-0.3, -0.25) is 9.59 Å². The molecule has 1 aliphatic rings. The van der Waals surface area contributed by atoms with Crippen molar-refractivity contribution in [3.05, 3.63) is 0 Å². The molecule has 1 N–H and O–H groups in total. The molecule has 1 heterocycles. The number of hydrogen-bond donors (Lipinski definition) is 1. The number of rotatable bonds is 6. The largest absolute Gasteiger partial charge is 0.481 e. The van der Waals surface area contributed by atoms with Crippen LogP contribution < -0.4 is 0 Å². The van der Waals surface area contributed by atoms with Crippen molar-refractivity contribution in [2.75, 3.05) is 26.3 Å². The van der Waals surface area contributed by atoms with Crippen LogP contribution in [0.5, 0.6) is 0 Å². The first kappa shape index (κ1) is 13.0. The molecule has 5 heteroatoms. The summed E-state index contributed by atoms with van der Waals surface area (Å²) >= 11 is 0. The van der Waals surface area contributed by atoms with Crippen LogP contribution >= 0.6 is 0 Å². The zero-order valence-electron chi connectivity index (χ0n) is 9.48. The molecule has 0 aliphatic carbocycles. The molecule has 16 heavy (non-hydrogen) atoms. The van der Waals surface area contributed by atoms with E-state index in [4.69, 9.17) is 9.84 Å². The van der Waals surface area contributed by atoms with Gasteiger partial charge in [-0.25, -0.2) is 0 Å². The molecule has 92 valence electrons. The van der Waals surface area contributed by atoms with Crippen molar-refractivity contribution < 1.29 is 19.4 Å². The summed E-state index contributed by atoms with van der Waals surface area (Å²) in [4.78, 5) is 23.7. The Hall–Kier alpha value is -1.10. The predicted octanol–water partition coefficient (Wildman–Crippen LogP) is 0.880.